The minimum absolute atomic E-state index is 0. The predicted octanol–water partition coefficient (Wildman–Crippen LogP) is 0.693. The zero-order valence-electron chi connectivity index (χ0n) is 34.3. The van der Waals surface area contributed by atoms with Crippen LogP contribution < -0.4 is 90.4 Å². The van der Waals surface area contributed by atoms with Crippen LogP contribution in [0.25, 0.3) is 0 Å². The molecule has 3 N–H and O–H groups in total. The molecule has 295 valence electrons. The number of carbonyl (C=O) groups is 1. The van der Waals surface area contributed by atoms with Crippen LogP contribution in [0, 0.1) is 0 Å². The fourth-order valence-corrected chi connectivity index (χ4v) is 5.70. The van der Waals surface area contributed by atoms with E-state index in [1.807, 2.05) is 47.3 Å². The molecule has 0 aliphatic carbocycles. The summed E-state index contributed by atoms with van der Waals surface area (Å²) >= 11 is 5.63. The summed E-state index contributed by atoms with van der Waals surface area (Å²) in [5.74, 6) is 5.15. The summed E-state index contributed by atoms with van der Waals surface area (Å²) in [6, 6.07) is 17.6. The van der Waals surface area contributed by atoms with Crippen LogP contribution in [0.4, 0.5) is 0 Å². The first-order valence-corrected chi connectivity index (χ1v) is 18.4. The van der Waals surface area contributed by atoms with Crippen molar-refractivity contribution < 1.29 is 91.1 Å². The molecule has 54 heavy (non-hydrogen) atoms. The number of nitrogens with zero attached hydrogens (tertiary/aromatic N) is 2. The van der Waals surface area contributed by atoms with E-state index in [0.29, 0.717) is 23.8 Å². The van der Waals surface area contributed by atoms with Gasteiger partial charge in [-0.05, 0) is 85.4 Å². The second kappa shape index (κ2) is 31.1. The topological polar surface area (TPSA) is 123 Å². The average molecular weight is 798 g/mol. The molecule has 2 fully saturated rings. The molecule has 2 saturated heterocycles. The van der Waals surface area contributed by atoms with Crippen molar-refractivity contribution in [1.29, 1.82) is 0 Å². The Hall–Kier alpha value is -2.08. The van der Waals surface area contributed by atoms with E-state index in [1.165, 1.54) is 5.56 Å². The number of halogens is 1. The molecule has 2 aliphatic rings. The number of nitrogens with one attached hydrogen (secondary N) is 2. The molecule has 0 atom stereocenters. The van der Waals surface area contributed by atoms with Crippen molar-refractivity contribution in [1.82, 2.24) is 20.3 Å². The number of rotatable bonds is 15. The minimum atomic E-state index is 0. The molecule has 1 radical (unpaired) electrons. The Labute approximate surface area is 372 Å². The third kappa shape index (κ3) is 19.2. The molecule has 0 unspecified atom stereocenters. The molecule has 5 rings (SSSR count). The van der Waals surface area contributed by atoms with Crippen LogP contribution >= 0.6 is 11.6 Å². The summed E-state index contributed by atoms with van der Waals surface area (Å²) < 4.78 is 31.0. The van der Waals surface area contributed by atoms with Crippen molar-refractivity contribution in [2.45, 2.75) is 19.3 Å². The van der Waals surface area contributed by atoms with E-state index in [-0.39, 0.29) is 59.4 Å². The first-order chi connectivity index (χ1) is 25.9. The summed E-state index contributed by atoms with van der Waals surface area (Å²) in [7, 11) is 11.4. The first kappa shape index (κ1) is 49.9. The average Bonchev–Trinajstić information content (AvgIpc) is 3.21. The molecule has 0 spiro atoms. The Kier molecular flexibility index (Phi) is 28.7. The van der Waals surface area contributed by atoms with Crippen LogP contribution in [0.15, 0.2) is 54.6 Å². The summed E-state index contributed by atoms with van der Waals surface area (Å²) in [6.45, 7) is 9.65. The van der Waals surface area contributed by atoms with Crippen molar-refractivity contribution in [3.05, 3.63) is 71.3 Å². The Morgan fingerprint density at radius 1 is 0.648 bits per heavy atom. The molecule has 2 aliphatic heterocycles. The third-order valence-electron chi connectivity index (χ3n) is 8.48. The molecule has 2 heterocycles. The van der Waals surface area contributed by atoms with Gasteiger partial charge in [0.25, 0.3) is 7.41 Å². The number of aryl methyl sites for hydroxylation is 1. The van der Waals surface area contributed by atoms with E-state index in [4.69, 9.17) is 45.1 Å². The molecule has 0 saturated carbocycles. The fourth-order valence-electron chi connectivity index (χ4n) is 5.49. The van der Waals surface area contributed by atoms with Crippen LogP contribution in [-0.2, 0) is 24.1 Å². The maximum Gasteiger partial charge on any atom is 1.00 e. The minimum Gasteiger partial charge on any atom is -1.00 e. The Bertz CT molecular complexity index is 1390. The molecule has 15 heteroatoms. The summed E-state index contributed by atoms with van der Waals surface area (Å²) in [5.41, 5.74) is 3.50. The number of methoxy groups -OCH3 is 6. The van der Waals surface area contributed by atoms with Gasteiger partial charge in [-0.3, -0.25) is 0 Å². The zero-order chi connectivity index (χ0) is 38.7. The van der Waals surface area contributed by atoms with Gasteiger partial charge in [-0.1, -0.05) is 18.2 Å². The van der Waals surface area contributed by atoms with Crippen molar-refractivity contribution in [3.63, 3.8) is 0 Å². The van der Waals surface area contributed by atoms with E-state index in [2.05, 4.69) is 27.7 Å². The SMILES string of the molecule is COc1ccc(CCCl)cc1OC.COc1ccc(CCN2CCNCC2)cc1OC.COc1ccc(CCO)cc1OC.O=C[B]N1CCNCC1.[H-].[K+]. The van der Waals surface area contributed by atoms with Gasteiger partial charge in [0.2, 0.25) is 0 Å². The number of piperazine rings is 2. The Morgan fingerprint density at radius 3 is 1.41 bits per heavy atom. The standard InChI is InChI=1S/C14H22N2O2.C10H13ClO2.C10H14O3.C5H10BN2O.K.H/c1-17-13-4-3-12(11-14(13)18-2)5-8-16-9-6-15-7-10-16;2*1-12-9-4-3-8(5-6-11)7-10(9)13-2;9-5-6-8-3-1-7-2-4-8;;/h3-4,11,15H,5-10H2,1-2H3;3-4,7H,5-6H2,1-2H3;3-4,7,11H,5-6H2,1-2H3;5,7H,1-4H2;;/q;;;;+1;-1. The second-order valence-electron chi connectivity index (χ2n) is 11.9. The van der Waals surface area contributed by atoms with Crippen molar-refractivity contribution >= 4 is 25.2 Å². The second-order valence-corrected chi connectivity index (χ2v) is 12.3. The quantitative estimate of drug-likeness (QED) is 0.114. The van der Waals surface area contributed by atoms with Gasteiger partial charge in [0.15, 0.2) is 34.5 Å². The first-order valence-electron chi connectivity index (χ1n) is 17.9. The Morgan fingerprint density at radius 2 is 1.04 bits per heavy atom. The number of hydrogen-bond donors (Lipinski definition) is 3. The summed E-state index contributed by atoms with van der Waals surface area (Å²) in [4.78, 5) is 14.5. The smallest absolute Gasteiger partial charge is 1.00 e. The van der Waals surface area contributed by atoms with Crippen LogP contribution in [-0.4, -0.2) is 142 Å². The summed E-state index contributed by atoms with van der Waals surface area (Å²) in [6.07, 6.45) is 3.38. The molecule has 3 aromatic carbocycles. The maximum atomic E-state index is 9.96. The largest absolute Gasteiger partial charge is 1.00 e. The number of hydrogen-bond acceptors (Lipinski definition) is 12. The van der Waals surface area contributed by atoms with E-state index in [0.717, 1.165) is 112 Å². The number of aliphatic hydroxyl groups is 1. The number of ether oxygens (including phenoxy) is 6. The van der Waals surface area contributed by atoms with E-state index >= 15 is 0 Å². The van der Waals surface area contributed by atoms with Crippen LogP contribution in [0.5, 0.6) is 34.5 Å². The van der Waals surface area contributed by atoms with Gasteiger partial charge < -0.3 is 60.1 Å². The number of benzene rings is 3. The maximum absolute atomic E-state index is 9.96. The van der Waals surface area contributed by atoms with Crippen LogP contribution in [0.2, 0.25) is 0 Å². The van der Waals surface area contributed by atoms with Gasteiger partial charge >= 0.3 is 51.4 Å². The number of aliphatic hydroxyl groups excluding tert-OH is 1. The van der Waals surface area contributed by atoms with Crippen molar-refractivity contribution in [3.8, 4) is 34.5 Å². The van der Waals surface area contributed by atoms with Gasteiger partial charge in [0, 0.05) is 58.3 Å². The van der Waals surface area contributed by atoms with Gasteiger partial charge in [-0.25, -0.2) is 0 Å². The molecular weight excluding hydrogens is 738 g/mol. The van der Waals surface area contributed by atoms with Crippen molar-refractivity contribution in [2.75, 3.05) is 114 Å². The van der Waals surface area contributed by atoms with Crippen LogP contribution in [0.1, 0.15) is 18.1 Å². The van der Waals surface area contributed by atoms with Gasteiger partial charge in [-0.2, -0.15) is 0 Å². The molecular formula is C39H60BClKN4O8. The van der Waals surface area contributed by atoms with E-state index in [9.17, 15) is 4.79 Å². The van der Waals surface area contributed by atoms with Gasteiger partial charge in [0.1, 0.15) is 0 Å². The van der Waals surface area contributed by atoms with Crippen molar-refractivity contribution in [2.24, 2.45) is 0 Å². The monoisotopic (exact) mass is 797 g/mol. The molecule has 0 aromatic heterocycles. The van der Waals surface area contributed by atoms with E-state index in [1.54, 1.807) is 50.1 Å². The summed E-state index contributed by atoms with van der Waals surface area (Å²) in [5, 5.41) is 15.3. The number of alkyl halides is 1. The third-order valence-corrected chi connectivity index (χ3v) is 8.67. The van der Waals surface area contributed by atoms with Gasteiger partial charge in [0.05, 0.1) is 48.8 Å². The number of carbonyl (C=O) groups excluding carboxylic acids is 1. The molecule has 3 aromatic rings. The normalized spacial score (nSPS) is 13.8. The predicted molar refractivity (Wildman–Crippen MR) is 215 cm³/mol. The Balaban J connectivity index is 0.000000717. The molecule has 12 nitrogen and oxygen atoms in total. The fraction of sp³-hybridized carbons (Fsp3) is 0.513. The molecule has 0 bridgehead atoms. The molecule has 0 amide bonds. The van der Waals surface area contributed by atoms with Crippen LogP contribution in [0.3, 0.4) is 0 Å². The zero-order valence-corrected chi connectivity index (χ0v) is 37.2. The van der Waals surface area contributed by atoms with Gasteiger partial charge in [-0.15, -0.1) is 11.6 Å². The van der Waals surface area contributed by atoms with E-state index < -0.39 is 0 Å².